The highest BCUT2D eigenvalue weighted by molar-refractivity contribution is 7.17. The molecule has 102 valence electrons. The summed E-state index contributed by atoms with van der Waals surface area (Å²) in [4.78, 5) is 2.27. The van der Waals surface area contributed by atoms with E-state index in [1.165, 1.54) is 26.8 Å². The van der Waals surface area contributed by atoms with Crippen molar-refractivity contribution in [2.75, 3.05) is 0 Å². The van der Waals surface area contributed by atoms with Gasteiger partial charge in [0.05, 0.1) is 0 Å². The van der Waals surface area contributed by atoms with Crippen molar-refractivity contribution in [2.24, 2.45) is 0 Å². The van der Waals surface area contributed by atoms with E-state index in [1.54, 1.807) is 17.4 Å². The summed E-state index contributed by atoms with van der Waals surface area (Å²) in [6.07, 6.45) is 1.94. The first kappa shape index (κ1) is 11.7. The Morgan fingerprint density at radius 2 is 1.71 bits per heavy atom. The molecule has 0 bridgehead atoms. The van der Waals surface area contributed by atoms with E-state index in [9.17, 15) is 10.2 Å². The highest BCUT2D eigenvalue weighted by atomic mass is 32.1. The molecule has 21 heavy (non-hydrogen) atoms. The maximum atomic E-state index is 10.4. The smallest absolute Gasteiger partial charge is 0.110 e. The molecule has 2 aliphatic rings. The van der Waals surface area contributed by atoms with Crippen molar-refractivity contribution in [1.82, 2.24) is 0 Å². The van der Waals surface area contributed by atoms with Crippen molar-refractivity contribution in [1.29, 1.82) is 0 Å². The fourth-order valence-corrected chi connectivity index (χ4v) is 4.84. The van der Waals surface area contributed by atoms with E-state index < -0.39 is 12.2 Å². The Morgan fingerprint density at radius 3 is 2.52 bits per heavy atom. The Bertz CT molecular complexity index is 931. The third-order valence-corrected chi connectivity index (χ3v) is 5.66. The number of hydrogen-bond acceptors (Lipinski definition) is 3. The van der Waals surface area contributed by atoms with Gasteiger partial charge in [-0.05, 0) is 22.4 Å². The van der Waals surface area contributed by atoms with Gasteiger partial charge in [0.25, 0.3) is 0 Å². The molecule has 1 aromatic heterocycles. The lowest BCUT2D eigenvalue weighted by molar-refractivity contribution is 0.0478. The molecule has 2 aliphatic carbocycles. The van der Waals surface area contributed by atoms with Crippen molar-refractivity contribution < 1.29 is 10.2 Å². The minimum atomic E-state index is -0.838. The molecular weight excluding hydrogens is 280 g/mol. The lowest BCUT2D eigenvalue weighted by atomic mass is 9.92. The fourth-order valence-electron chi connectivity index (χ4n) is 3.54. The molecule has 2 aromatic carbocycles. The number of thiophene rings is 1. The average Bonchev–Trinajstić information content (AvgIpc) is 3.02. The SMILES string of the molecule is O[C@@H]1C=Cc2sc3c(c2[C@H]1O)-c1cccc2cccc-3c12. The summed E-state index contributed by atoms with van der Waals surface area (Å²) in [7, 11) is 0. The maximum Gasteiger partial charge on any atom is 0.110 e. The number of aliphatic hydroxyl groups excluding tert-OH is 2. The van der Waals surface area contributed by atoms with Crippen LogP contribution in [0.4, 0.5) is 0 Å². The Morgan fingerprint density at radius 1 is 0.952 bits per heavy atom. The summed E-state index contributed by atoms with van der Waals surface area (Å²) in [5, 5.41) is 22.9. The Balaban J connectivity index is 1.94. The number of benzene rings is 2. The Labute approximate surface area is 125 Å². The molecule has 0 saturated carbocycles. The van der Waals surface area contributed by atoms with Crippen LogP contribution in [-0.4, -0.2) is 16.3 Å². The summed E-state index contributed by atoms with van der Waals surface area (Å²) in [6, 6.07) is 12.6. The van der Waals surface area contributed by atoms with Gasteiger partial charge in [-0.2, -0.15) is 0 Å². The molecule has 5 rings (SSSR count). The molecule has 0 spiro atoms. The molecule has 2 nitrogen and oxygen atoms in total. The molecule has 2 N–H and O–H groups in total. The van der Waals surface area contributed by atoms with E-state index in [0.717, 1.165) is 16.0 Å². The van der Waals surface area contributed by atoms with Crippen LogP contribution in [0.5, 0.6) is 0 Å². The van der Waals surface area contributed by atoms with Gasteiger partial charge in [-0.25, -0.2) is 0 Å². The first-order chi connectivity index (χ1) is 10.3. The second-order valence-electron chi connectivity index (χ2n) is 5.59. The third kappa shape index (κ3) is 1.34. The minimum absolute atomic E-state index is 0.820. The molecule has 0 radical (unpaired) electrons. The summed E-state index contributed by atoms with van der Waals surface area (Å²) in [5.41, 5.74) is 4.41. The minimum Gasteiger partial charge on any atom is -0.386 e. The average molecular weight is 292 g/mol. The van der Waals surface area contributed by atoms with Gasteiger partial charge in [-0.1, -0.05) is 42.5 Å². The zero-order valence-corrected chi connectivity index (χ0v) is 11.9. The zero-order valence-electron chi connectivity index (χ0n) is 11.1. The van der Waals surface area contributed by atoms with Gasteiger partial charge in [0.15, 0.2) is 0 Å². The highest BCUT2D eigenvalue weighted by Crippen LogP contribution is 2.56. The molecular formula is C18H12O2S. The van der Waals surface area contributed by atoms with E-state index in [0.29, 0.717) is 0 Å². The molecule has 0 unspecified atom stereocenters. The van der Waals surface area contributed by atoms with E-state index >= 15 is 0 Å². The second-order valence-corrected chi connectivity index (χ2v) is 6.64. The monoisotopic (exact) mass is 292 g/mol. The lowest BCUT2D eigenvalue weighted by Gasteiger charge is -2.20. The molecule has 3 heteroatoms. The first-order valence-corrected chi connectivity index (χ1v) is 7.81. The summed E-state index contributed by atoms with van der Waals surface area (Å²) in [5.74, 6) is 0. The molecule has 0 fully saturated rings. The molecule has 0 saturated heterocycles. The van der Waals surface area contributed by atoms with E-state index in [-0.39, 0.29) is 0 Å². The largest absolute Gasteiger partial charge is 0.386 e. The van der Waals surface area contributed by atoms with Crippen molar-refractivity contribution in [3.63, 3.8) is 0 Å². The van der Waals surface area contributed by atoms with E-state index in [4.69, 9.17) is 0 Å². The van der Waals surface area contributed by atoms with Crippen molar-refractivity contribution in [2.45, 2.75) is 12.2 Å². The van der Waals surface area contributed by atoms with Crippen LogP contribution in [-0.2, 0) is 0 Å². The van der Waals surface area contributed by atoms with Gasteiger partial charge in [0.1, 0.15) is 12.2 Å². The van der Waals surface area contributed by atoms with Gasteiger partial charge in [0.2, 0.25) is 0 Å². The molecule has 3 aromatic rings. The predicted octanol–water partition coefficient (Wildman–Crippen LogP) is 3.97. The summed E-state index contributed by atoms with van der Waals surface area (Å²) >= 11 is 1.70. The van der Waals surface area contributed by atoms with Crippen LogP contribution < -0.4 is 0 Å². The van der Waals surface area contributed by atoms with E-state index in [1.807, 2.05) is 6.08 Å². The zero-order chi connectivity index (χ0) is 14.1. The topological polar surface area (TPSA) is 40.5 Å². The number of hydrogen-bond donors (Lipinski definition) is 2. The molecule has 0 amide bonds. The summed E-state index contributed by atoms with van der Waals surface area (Å²) < 4.78 is 0. The second kappa shape index (κ2) is 3.83. The van der Waals surface area contributed by atoms with Crippen molar-refractivity contribution in [3.8, 4) is 21.6 Å². The van der Waals surface area contributed by atoms with Crippen LogP contribution in [0.3, 0.4) is 0 Å². The third-order valence-electron chi connectivity index (χ3n) is 4.46. The quantitative estimate of drug-likeness (QED) is 0.515. The van der Waals surface area contributed by atoms with Gasteiger partial charge in [0, 0.05) is 26.4 Å². The summed E-state index contributed by atoms with van der Waals surface area (Å²) in [6.45, 7) is 0. The Hall–Kier alpha value is -1.94. The van der Waals surface area contributed by atoms with Gasteiger partial charge >= 0.3 is 0 Å². The standard InChI is InChI=1S/C18H12O2S/c19-12-7-8-13-16(17(12)20)15-10-5-1-3-9-4-2-6-11(14(9)10)18(15)21-13/h1-8,12,17,19-20H/t12-,17+/m1/s1. The van der Waals surface area contributed by atoms with Gasteiger partial charge < -0.3 is 10.2 Å². The van der Waals surface area contributed by atoms with Crippen LogP contribution in [0.2, 0.25) is 0 Å². The highest BCUT2D eigenvalue weighted by Gasteiger charge is 2.34. The van der Waals surface area contributed by atoms with E-state index in [2.05, 4.69) is 36.4 Å². The van der Waals surface area contributed by atoms with Crippen molar-refractivity contribution >= 4 is 28.2 Å². The molecule has 1 heterocycles. The van der Waals surface area contributed by atoms with Crippen LogP contribution in [0.1, 0.15) is 16.5 Å². The molecule has 0 aliphatic heterocycles. The predicted molar refractivity (Wildman–Crippen MR) is 86.3 cm³/mol. The van der Waals surface area contributed by atoms with Crippen LogP contribution >= 0.6 is 11.3 Å². The lowest BCUT2D eigenvalue weighted by Crippen LogP contribution is -2.18. The van der Waals surface area contributed by atoms with Crippen molar-refractivity contribution in [3.05, 3.63) is 52.9 Å². The normalized spacial score (nSPS) is 21.6. The van der Waals surface area contributed by atoms with Gasteiger partial charge in [-0.15, -0.1) is 11.3 Å². The van der Waals surface area contributed by atoms with Crippen LogP contribution in [0.25, 0.3) is 38.4 Å². The fraction of sp³-hybridized carbons (Fsp3) is 0.111. The Kier molecular flexibility index (Phi) is 2.13. The molecule has 2 atom stereocenters. The number of rotatable bonds is 0. The number of fused-ring (bicyclic) bond motifs is 5. The van der Waals surface area contributed by atoms with Gasteiger partial charge in [-0.3, -0.25) is 0 Å². The first-order valence-electron chi connectivity index (χ1n) is 6.99. The maximum absolute atomic E-state index is 10.4. The number of aliphatic hydroxyl groups is 2. The van der Waals surface area contributed by atoms with Crippen LogP contribution in [0, 0.1) is 0 Å². The van der Waals surface area contributed by atoms with Crippen LogP contribution in [0.15, 0.2) is 42.5 Å².